The second kappa shape index (κ2) is 31.5. The van der Waals surface area contributed by atoms with Gasteiger partial charge in [-0.1, -0.05) is 128 Å². The van der Waals surface area contributed by atoms with Crippen LogP contribution in [-0.4, -0.2) is 70.3 Å². The quantitative estimate of drug-likeness (QED) is 0.0501. The molecule has 272 valence electrons. The van der Waals surface area contributed by atoms with Crippen LogP contribution in [0.4, 0.5) is 0 Å². The molecule has 0 amide bonds. The van der Waals surface area contributed by atoms with Crippen LogP contribution >= 0.6 is 7.92 Å². The van der Waals surface area contributed by atoms with Gasteiger partial charge in [-0.2, -0.15) is 0 Å². The Balaban J connectivity index is 6.81. The zero-order valence-corrected chi connectivity index (χ0v) is 33.2. The predicted molar refractivity (Wildman–Crippen MR) is 202 cm³/mol. The first-order valence-electron chi connectivity index (χ1n) is 20.0. The highest BCUT2D eigenvalue weighted by molar-refractivity contribution is 7.59. The van der Waals surface area contributed by atoms with Crippen molar-refractivity contribution >= 4 is 7.92 Å². The Hall–Kier alpha value is 0.270. The Bertz CT molecular complexity index is 563. The largest absolute Gasteiger partial charge is 0.381 e. The second-order valence-electron chi connectivity index (χ2n) is 14.1. The summed E-state index contributed by atoms with van der Waals surface area (Å²) in [6.45, 7) is 28.1. The molecule has 0 N–H and O–H groups in total. The molecule has 0 aromatic carbocycles. The summed E-state index contributed by atoms with van der Waals surface area (Å²) < 4.78 is 25.1. The number of hydrogen-bond donors (Lipinski definition) is 0. The van der Waals surface area contributed by atoms with Crippen molar-refractivity contribution in [3.05, 3.63) is 0 Å². The summed E-state index contributed by atoms with van der Waals surface area (Å²) >= 11 is 0. The van der Waals surface area contributed by atoms with Gasteiger partial charge in [0.1, 0.15) is 0 Å². The Morgan fingerprint density at radius 1 is 0.422 bits per heavy atom. The van der Waals surface area contributed by atoms with E-state index in [9.17, 15) is 0 Å². The molecular weight excluding hydrogens is 575 g/mol. The van der Waals surface area contributed by atoms with Crippen molar-refractivity contribution in [1.82, 2.24) is 0 Å². The highest BCUT2D eigenvalue weighted by Gasteiger charge is 2.42. The van der Waals surface area contributed by atoms with Gasteiger partial charge in [-0.25, -0.2) is 0 Å². The lowest BCUT2D eigenvalue weighted by Crippen LogP contribution is -2.38. The summed E-state index contributed by atoms with van der Waals surface area (Å²) in [6, 6.07) is 0. The Morgan fingerprint density at radius 3 is 1.11 bits per heavy atom. The van der Waals surface area contributed by atoms with Crippen LogP contribution in [0.15, 0.2) is 0 Å². The molecule has 0 bridgehead atoms. The third-order valence-electron chi connectivity index (χ3n) is 9.83. The molecule has 4 unspecified atom stereocenters. The fraction of sp³-hybridized carbons (Fsp3) is 1.00. The third-order valence-corrected chi connectivity index (χ3v) is 13.7. The SMILES string of the molecule is CCCCCCCC(CC(CC)COCCC)(CC(CC)COCCC)P(CC(CC)COCCC)CC(CC)COCCC. The molecule has 0 fully saturated rings. The molecule has 0 radical (unpaired) electrons. The first kappa shape index (κ1) is 45.3. The molecule has 0 aliphatic carbocycles. The van der Waals surface area contributed by atoms with Crippen LogP contribution < -0.4 is 0 Å². The molecule has 0 spiro atoms. The minimum atomic E-state index is -0.250. The van der Waals surface area contributed by atoms with Gasteiger partial charge in [0.25, 0.3) is 0 Å². The summed E-state index contributed by atoms with van der Waals surface area (Å²) in [4.78, 5) is 0. The molecule has 0 saturated heterocycles. The summed E-state index contributed by atoms with van der Waals surface area (Å²) in [5.41, 5.74) is 0. The molecule has 0 heterocycles. The van der Waals surface area contributed by atoms with Crippen molar-refractivity contribution in [1.29, 1.82) is 0 Å². The fourth-order valence-corrected chi connectivity index (χ4v) is 11.1. The lowest BCUT2D eigenvalue weighted by Gasteiger charge is -2.48. The lowest BCUT2D eigenvalue weighted by atomic mass is 9.81. The number of hydrogen-bond acceptors (Lipinski definition) is 4. The van der Waals surface area contributed by atoms with E-state index in [0.29, 0.717) is 28.8 Å². The van der Waals surface area contributed by atoms with E-state index in [4.69, 9.17) is 18.9 Å². The van der Waals surface area contributed by atoms with Crippen LogP contribution in [0.2, 0.25) is 0 Å². The average Bonchev–Trinajstić information content (AvgIpc) is 3.05. The first-order chi connectivity index (χ1) is 21.9. The summed E-state index contributed by atoms with van der Waals surface area (Å²) in [7, 11) is -0.250. The van der Waals surface area contributed by atoms with Gasteiger partial charge in [-0.15, -0.1) is 0 Å². The van der Waals surface area contributed by atoms with Gasteiger partial charge in [0, 0.05) is 52.9 Å². The topological polar surface area (TPSA) is 36.9 Å². The van der Waals surface area contributed by atoms with Crippen molar-refractivity contribution in [3.63, 3.8) is 0 Å². The molecule has 0 aromatic heterocycles. The Kier molecular flexibility index (Phi) is 31.7. The highest BCUT2D eigenvalue weighted by atomic mass is 31.1. The zero-order valence-electron chi connectivity index (χ0n) is 32.3. The molecule has 0 aliphatic rings. The van der Waals surface area contributed by atoms with Crippen molar-refractivity contribution in [2.75, 3.05) is 65.2 Å². The van der Waals surface area contributed by atoms with Crippen molar-refractivity contribution in [2.45, 2.75) is 170 Å². The van der Waals surface area contributed by atoms with E-state index in [1.807, 2.05) is 0 Å². The Morgan fingerprint density at radius 2 is 0.778 bits per heavy atom. The molecule has 45 heavy (non-hydrogen) atoms. The smallest absolute Gasteiger partial charge is 0.0497 e. The predicted octanol–water partition coefficient (Wildman–Crippen LogP) is 12.2. The Labute approximate surface area is 285 Å². The van der Waals surface area contributed by atoms with Gasteiger partial charge in [0.05, 0.1) is 0 Å². The molecule has 0 aromatic rings. The summed E-state index contributed by atoms with van der Waals surface area (Å²) in [5, 5.41) is 0.352. The molecule has 5 heteroatoms. The van der Waals surface area contributed by atoms with E-state index in [0.717, 1.165) is 78.5 Å². The van der Waals surface area contributed by atoms with Gasteiger partial charge in [-0.05, 0) is 86.1 Å². The van der Waals surface area contributed by atoms with E-state index in [2.05, 4.69) is 62.3 Å². The van der Waals surface area contributed by atoms with Crippen LogP contribution in [0.1, 0.15) is 165 Å². The number of unbranched alkanes of at least 4 members (excludes halogenated alkanes) is 4. The lowest BCUT2D eigenvalue weighted by molar-refractivity contribution is 0.0749. The highest BCUT2D eigenvalue weighted by Crippen LogP contribution is 2.61. The molecule has 4 atom stereocenters. The molecule has 4 nitrogen and oxygen atoms in total. The maximum Gasteiger partial charge on any atom is 0.0497 e. The molecule has 0 saturated carbocycles. The number of ether oxygens (including phenoxy) is 4. The van der Waals surface area contributed by atoms with Crippen molar-refractivity contribution in [3.8, 4) is 0 Å². The van der Waals surface area contributed by atoms with E-state index in [-0.39, 0.29) is 7.92 Å². The van der Waals surface area contributed by atoms with E-state index in [1.54, 1.807) is 0 Å². The standard InChI is InChI=1S/C40H83O4P/c1-10-19-20-21-22-23-40(28-36(15-6)30-41-24-11-2,29-37(16-7)31-42-25-12-3)45(34-38(17-8)32-43-26-13-4)35-39(18-9)33-44-27-14-5/h36-39H,10-35H2,1-9H3. The van der Waals surface area contributed by atoms with Gasteiger partial charge in [-0.3, -0.25) is 0 Å². The van der Waals surface area contributed by atoms with Crippen molar-refractivity contribution < 1.29 is 18.9 Å². The molecule has 0 aliphatic heterocycles. The van der Waals surface area contributed by atoms with Crippen molar-refractivity contribution in [2.24, 2.45) is 23.7 Å². The minimum Gasteiger partial charge on any atom is -0.381 e. The van der Waals surface area contributed by atoms with E-state index < -0.39 is 0 Å². The fourth-order valence-electron chi connectivity index (χ4n) is 6.74. The van der Waals surface area contributed by atoms with Gasteiger partial charge in [0.15, 0.2) is 0 Å². The average molecular weight is 659 g/mol. The van der Waals surface area contributed by atoms with E-state index >= 15 is 0 Å². The summed E-state index contributed by atoms with van der Waals surface area (Å²) in [6.07, 6.45) is 22.7. The third kappa shape index (κ3) is 21.8. The van der Waals surface area contributed by atoms with Gasteiger partial charge in [0.2, 0.25) is 0 Å². The van der Waals surface area contributed by atoms with Crippen LogP contribution in [-0.2, 0) is 18.9 Å². The normalized spacial score (nSPS) is 16.7. The van der Waals surface area contributed by atoms with Crippen LogP contribution in [0.3, 0.4) is 0 Å². The minimum absolute atomic E-state index is 0.250. The van der Waals surface area contributed by atoms with Gasteiger partial charge >= 0.3 is 0 Å². The van der Waals surface area contributed by atoms with E-state index in [1.165, 1.54) is 89.4 Å². The molecule has 0 rings (SSSR count). The maximum atomic E-state index is 6.31. The van der Waals surface area contributed by atoms with Crippen LogP contribution in [0, 0.1) is 23.7 Å². The summed E-state index contributed by atoms with van der Waals surface area (Å²) in [5.74, 6) is 2.53. The maximum absolute atomic E-state index is 6.31. The monoisotopic (exact) mass is 659 g/mol. The van der Waals surface area contributed by atoms with Crippen LogP contribution in [0.25, 0.3) is 0 Å². The number of rotatable bonds is 35. The first-order valence-corrected chi connectivity index (χ1v) is 21.7. The van der Waals surface area contributed by atoms with Crippen LogP contribution in [0.5, 0.6) is 0 Å². The molecular formula is C40H83O4P. The van der Waals surface area contributed by atoms with Gasteiger partial charge < -0.3 is 18.9 Å². The second-order valence-corrected chi connectivity index (χ2v) is 16.9. The zero-order chi connectivity index (χ0) is 33.6.